The molecule has 0 N–H and O–H groups in total. The predicted octanol–water partition coefficient (Wildman–Crippen LogP) is 2.93. The first-order chi connectivity index (χ1) is 7.05. The average Bonchev–Trinajstić information content (AvgIpc) is 2.00. The van der Waals surface area contributed by atoms with Crippen molar-refractivity contribution < 1.29 is 4.79 Å². The van der Waals surface area contributed by atoms with E-state index >= 15 is 0 Å². The summed E-state index contributed by atoms with van der Waals surface area (Å²) in [5.74, 6) is -1.71. The Kier molecular flexibility index (Phi) is 4.27. The first-order valence-electron chi connectivity index (χ1n) is 5.38. The maximum absolute atomic E-state index is 12.2. The molecule has 88 valence electrons. The van der Waals surface area contributed by atoms with Crippen LogP contribution in [-0.4, -0.2) is 5.78 Å². The molecule has 16 heavy (non-hydrogen) atoms. The van der Waals surface area contributed by atoms with Gasteiger partial charge in [0, 0.05) is 0 Å². The van der Waals surface area contributed by atoms with Gasteiger partial charge in [-0.15, -0.1) is 0 Å². The molecule has 0 amide bonds. The summed E-state index contributed by atoms with van der Waals surface area (Å²) in [5, 5.41) is 18.1. The lowest BCUT2D eigenvalue weighted by Crippen LogP contribution is -2.37. The van der Waals surface area contributed by atoms with E-state index in [-0.39, 0.29) is 5.78 Å². The number of carbonyl (C=O) groups excluding carboxylic acids is 1. The minimum atomic E-state index is -0.726. The summed E-state index contributed by atoms with van der Waals surface area (Å²) in [6, 6.07) is 4.06. The molecule has 0 aromatic heterocycles. The third-order valence-corrected chi connectivity index (χ3v) is 2.56. The van der Waals surface area contributed by atoms with Gasteiger partial charge in [-0.2, -0.15) is 10.5 Å². The van der Waals surface area contributed by atoms with Crippen LogP contribution >= 0.6 is 0 Å². The Hall–Kier alpha value is -1.35. The van der Waals surface area contributed by atoms with Gasteiger partial charge in [0.1, 0.15) is 11.8 Å². The topological polar surface area (TPSA) is 64.7 Å². The summed E-state index contributed by atoms with van der Waals surface area (Å²) in [6.45, 7) is 11.1. The van der Waals surface area contributed by atoms with E-state index in [4.69, 9.17) is 10.5 Å². The van der Waals surface area contributed by atoms with Crippen molar-refractivity contribution in [2.45, 2.75) is 41.5 Å². The highest BCUT2D eigenvalue weighted by Gasteiger charge is 2.40. The predicted molar refractivity (Wildman–Crippen MR) is 62.1 cm³/mol. The lowest BCUT2D eigenvalue weighted by Gasteiger charge is -2.30. The van der Waals surface area contributed by atoms with Crippen molar-refractivity contribution in [1.29, 1.82) is 10.5 Å². The van der Waals surface area contributed by atoms with Gasteiger partial charge in [0.25, 0.3) is 0 Å². The molecule has 0 saturated carbocycles. The van der Waals surface area contributed by atoms with Crippen molar-refractivity contribution in [3.05, 3.63) is 0 Å². The normalized spacial score (nSPS) is 15.8. The van der Waals surface area contributed by atoms with Gasteiger partial charge < -0.3 is 0 Å². The molecule has 3 heteroatoms. The van der Waals surface area contributed by atoms with Crippen LogP contribution in [0.2, 0.25) is 0 Å². The van der Waals surface area contributed by atoms with E-state index in [0.29, 0.717) is 0 Å². The summed E-state index contributed by atoms with van der Waals surface area (Å²) in [6.07, 6.45) is 0. The molecule has 0 spiro atoms. The zero-order valence-electron chi connectivity index (χ0n) is 11.0. The number of hydrogen-bond donors (Lipinski definition) is 0. The van der Waals surface area contributed by atoms with Crippen LogP contribution in [-0.2, 0) is 4.79 Å². The van der Waals surface area contributed by atoms with E-state index in [0.717, 1.165) is 0 Å². The molecule has 0 aromatic carbocycles. The Morgan fingerprint density at radius 3 is 1.25 bits per heavy atom. The number of nitrogens with zero attached hydrogens (tertiary/aromatic N) is 2. The second-order valence-corrected chi connectivity index (χ2v) is 6.26. The molecule has 0 aromatic rings. The average molecular weight is 220 g/mol. The fraction of sp³-hybridized carbons (Fsp3) is 0.769. The molecule has 3 nitrogen and oxygen atoms in total. The molecule has 0 saturated heterocycles. The van der Waals surface area contributed by atoms with Crippen LogP contribution in [0.25, 0.3) is 0 Å². The Morgan fingerprint density at radius 2 is 1.12 bits per heavy atom. The number of rotatable bonds is 2. The van der Waals surface area contributed by atoms with Crippen molar-refractivity contribution in [3.8, 4) is 12.1 Å². The molecule has 0 aliphatic rings. The Balaban J connectivity index is 5.21. The zero-order valence-corrected chi connectivity index (χ0v) is 11.0. The molecular formula is C13H20N2O. The molecule has 0 bridgehead atoms. The van der Waals surface area contributed by atoms with E-state index < -0.39 is 22.7 Å². The molecule has 0 fully saturated rings. The number of carbonyl (C=O) groups is 1. The summed E-state index contributed by atoms with van der Waals surface area (Å²) >= 11 is 0. The van der Waals surface area contributed by atoms with Gasteiger partial charge in [-0.3, -0.25) is 4.79 Å². The van der Waals surface area contributed by atoms with E-state index in [2.05, 4.69) is 0 Å². The summed E-state index contributed by atoms with van der Waals surface area (Å²) in [5.41, 5.74) is -0.849. The maximum atomic E-state index is 12.2. The third-order valence-electron chi connectivity index (χ3n) is 2.56. The largest absolute Gasteiger partial charge is 0.297 e. The molecular weight excluding hydrogens is 200 g/mol. The standard InChI is InChI=1S/C13H20N2O/c1-12(2,3)9(7-14)11(16)10(8-15)13(4,5)6/h9-10H,1-6H3. The second-order valence-electron chi connectivity index (χ2n) is 6.26. The van der Waals surface area contributed by atoms with Gasteiger partial charge in [0.2, 0.25) is 0 Å². The minimum absolute atomic E-state index is 0.259. The fourth-order valence-corrected chi connectivity index (χ4v) is 1.53. The van der Waals surface area contributed by atoms with Gasteiger partial charge in [-0.05, 0) is 10.8 Å². The lowest BCUT2D eigenvalue weighted by molar-refractivity contribution is -0.128. The first-order valence-corrected chi connectivity index (χ1v) is 5.38. The smallest absolute Gasteiger partial charge is 0.168 e. The van der Waals surface area contributed by atoms with Gasteiger partial charge in [0.05, 0.1) is 12.1 Å². The van der Waals surface area contributed by atoms with E-state index in [1.54, 1.807) is 0 Å². The Bertz CT molecular complexity index is 310. The van der Waals surface area contributed by atoms with Crippen molar-refractivity contribution in [1.82, 2.24) is 0 Å². The molecule has 0 rings (SSSR count). The highest BCUT2D eigenvalue weighted by molar-refractivity contribution is 5.88. The number of nitriles is 2. The molecule has 2 atom stereocenters. The number of ketones is 1. The van der Waals surface area contributed by atoms with Gasteiger partial charge in [0.15, 0.2) is 5.78 Å². The molecule has 2 unspecified atom stereocenters. The Morgan fingerprint density at radius 1 is 0.875 bits per heavy atom. The number of hydrogen-bond acceptors (Lipinski definition) is 3. The highest BCUT2D eigenvalue weighted by Crippen LogP contribution is 2.34. The molecule has 0 aliphatic carbocycles. The summed E-state index contributed by atoms with van der Waals surface area (Å²) in [4.78, 5) is 12.2. The number of Topliss-reactive ketones (excluding diaryl/α,β-unsaturated/α-hetero) is 1. The van der Waals surface area contributed by atoms with Crippen molar-refractivity contribution in [2.24, 2.45) is 22.7 Å². The van der Waals surface area contributed by atoms with E-state index in [9.17, 15) is 4.79 Å². The quantitative estimate of drug-likeness (QED) is 0.718. The minimum Gasteiger partial charge on any atom is -0.297 e. The van der Waals surface area contributed by atoms with Crippen molar-refractivity contribution in [2.75, 3.05) is 0 Å². The second kappa shape index (κ2) is 4.66. The first kappa shape index (κ1) is 14.6. The van der Waals surface area contributed by atoms with Crippen molar-refractivity contribution in [3.63, 3.8) is 0 Å². The lowest BCUT2D eigenvalue weighted by atomic mass is 9.70. The van der Waals surface area contributed by atoms with Crippen LogP contribution in [0.1, 0.15) is 41.5 Å². The highest BCUT2D eigenvalue weighted by atomic mass is 16.1. The van der Waals surface area contributed by atoms with E-state index in [1.807, 2.05) is 53.7 Å². The monoisotopic (exact) mass is 220 g/mol. The van der Waals surface area contributed by atoms with Crippen LogP contribution in [0.5, 0.6) is 0 Å². The summed E-state index contributed by atoms with van der Waals surface area (Å²) in [7, 11) is 0. The van der Waals surface area contributed by atoms with Crippen LogP contribution < -0.4 is 0 Å². The molecule has 0 radical (unpaired) electrons. The maximum Gasteiger partial charge on any atom is 0.168 e. The van der Waals surface area contributed by atoms with Crippen LogP contribution in [0.3, 0.4) is 0 Å². The van der Waals surface area contributed by atoms with Crippen LogP contribution in [0.15, 0.2) is 0 Å². The summed E-state index contributed by atoms with van der Waals surface area (Å²) < 4.78 is 0. The van der Waals surface area contributed by atoms with Gasteiger partial charge in [-0.1, -0.05) is 41.5 Å². The molecule has 0 heterocycles. The van der Waals surface area contributed by atoms with Gasteiger partial charge in [-0.25, -0.2) is 0 Å². The Labute approximate surface area is 98.1 Å². The van der Waals surface area contributed by atoms with Crippen LogP contribution in [0.4, 0.5) is 0 Å². The SMILES string of the molecule is CC(C)(C)C(C#N)C(=O)C(C#N)C(C)(C)C. The molecule has 0 aliphatic heterocycles. The van der Waals surface area contributed by atoms with Crippen LogP contribution in [0, 0.1) is 45.3 Å². The third kappa shape index (κ3) is 3.35. The fourth-order valence-electron chi connectivity index (χ4n) is 1.53. The van der Waals surface area contributed by atoms with E-state index in [1.165, 1.54) is 0 Å². The van der Waals surface area contributed by atoms with Gasteiger partial charge >= 0.3 is 0 Å². The van der Waals surface area contributed by atoms with Crippen molar-refractivity contribution >= 4 is 5.78 Å². The zero-order chi connectivity index (χ0) is 13.1.